The number of fused-ring (bicyclic) bond motifs is 2. The first-order valence-electron chi connectivity index (χ1n) is 7.71. The number of benzene rings is 1. The Hall–Kier alpha value is -1.81. The van der Waals surface area contributed by atoms with Gasteiger partial charge in [-0.05, 0) is 20.0 Å². The van der Waals surface area contributed by atoms with Crippen LogP contribution in [0.2, 0.25) is 0 Å². The van der Waals surface area contributed by atoms with Gasteiger partial charge in [0, 0.05) is 60.3 Å². The van der Waals surface area contributed by atoms with E-state index in [2.05, 4.69) is 65.3 Å². The normalized spacial score (nSPS) is 25.8. The number of rotatable bonds is 1. The van der Waals surface area contributed by atoms with E-state index in [0.717, 1.165) is 19.5 Å². The van der Waals surface area contributed by atoms with Crippen LogP contribution in [0, 0.1) is 12.8 Å². The van der Waals surface area contributed by atoms with E-state index in [0.29, 0.717) is 12.0 Å². The van der Waals surface area contributed by atoms with E-state index >= 15 is 0 Å². The van der Waals surface area contributed by atoms with E-state index < -0.39 is 0 Å². The largest absolute Gasteiger partial charge is 0.348 e. The Morgan fingerprint density at radius 1 is 1.24 bits per heavy atom. The molecule has 2 aliphatic rings. The molecule has 2 aromatic rings. The summed E-state index contributed by atoms with van der Waals surface area (Å²) in [6, 6.07) is 9.01. The Kier molecular flexibility index (Phi) is 2.82. The number of hydrazone groups is 1. The van der Waals surface area contributed by atoms with E-state index in [1.807, 2.05) is 0 Å². The summed E-state index contributed by atoms with van der Waals surface area (Å²) >= 11 is 0. The summed E-state index contributed by atoms with van der Waals surface area (Å²) in [6.07, 6.45) is 1.09. The van der Waals surface area contributed by atoms with Gasteiger partial charge in [0.1, 0.15) is 0 Å². The molecule has 1 saturated heterocycles. The van der Waals surface area contributed by atoms with E-state index in [-0.39, 0.29) is 0 Å². The fourth-order valence-electron chi connectivity index (χ4n) is 3.91. The van der Waals surface area contributed by atoms with Gasteiger partial charge in [-0.25, -0.2) is 0 Å². The Morgan fingerprint density at radius 3 is 2.90 bits per heavy atom. The van der Waals surface area contributed by atoms with E-state index in [1.165, 1.54) is 27.9 Å². The number of likely N-dealkylation sites (tertiary alicyclic amines) is 1. The molecule has 0 amide bonds. The summed E-state index contributed by atoms with van der Waals surface area (Å²) in [7, 11) is 4.37. The molecule has 0 aliphatic carbocycles. The molecule has 0 radical (unpaired) electrons. The van der Waals surface area contributed by atoms with Crippen LogP contribution in [0.15, 0.2) is 29.4 Å². The molecular weight excluding hydrogens is 260 g/mol. The third kappa shape index (κ3) is 1.82. The summed E-state index contributed by atoms with van der Waals surface area (Å²) in [4.78, 5) is 2.42. The second kappa shape index (κ2) is 4.60. The van der Waals surface area contributed by atoms with Crippen LogP contribution in [0.4, 0.5) is 0 Å². The Labute approximate surface area is 125 Å². The number of aromatic nitrogens is 1. The lowest BCUT2D eigenvalue weighted by atomic mass is 9.85. The SMILES string of the molecule is Cc1c(C2NN=C3CCN(C)CC32)c2ccccc2n1C. The van der Waals surface area contributed by atoms with Gasteiger partial charge in [-0.2, -0.15) is 5.10 Å². The van der Waals surface area contributed by atoms with E-state index in [4.69, 9.17) is 0 Å². The Bertz CT molecular complexity index is 728. The topological polar surface area (TPSA) is 32.6 Å². The molecular formula is C17H22N4. The van der Waals surface area contributed by atoms with Gasteiger partial charge in [-0.1, -0.05) is 18.2 Å². The summed E-state index contributed by atoms with van der Waals surface area (Å²) < 4.78 is 2.30. The van der Waals surface area contributed by atoms with Crippen LogP contribution in [-0.2, 0) is 7.05 Å². The minimum atomic E-state index is 0.314. The third-order valence-electron chi connectivity index (χ3n) is 5.20. The van der Waals surface area contributed by atoms with Crippen molar-refractivity contribution in [3.8, 4) is 0 Å². The number of para-hydroxylation sites is 1. The molecule has 2 atom stereocenters. The maximum atomic E-state index is 4.64. The second-order valence-corrected chi connectivity index (χ2v) is 6.40. The number of nitrogens with zero attached hydrogens (tertiary/aromatic N) is 3. The van der Waals surface area contributed by atoms with E-state index in [1.54, 1.807) is 0 Å². The zero-order valence-corrected chi connectivity index (χ0v) is 12.9. The van der Waals surface area contributed by atoms with Crippen molar-refractivity contribution in [2.75, 3.05) is 20.1 Å². The molecule has 2 unspecified atom stereocenters. The van der Waals surface area contributed by atoms with Crippen LogP contribution >= 0.6 is 0 Å². The van der Waals surface area contributed by atoms with Crippen molar-refractivity contribution in [3.63, 3.8) is 0 Å². The number of aryl methyl sites for hydroxylation is 1. The maximum absolute atomic E-state index is 4.64. The molecule has 1 N–H and O–H groups in total. The van der Waals surface area contributed by atoms with Crippen LogP contribution in [0.5, 0.6) is 0 Å². The lowest BCUT2D eigenvalue weighted by Crippen LogP contribution is -2.39. The quantitative estimate of drug-likeness (QED) is 0.871. The highest BCUT2D eigenvalue weighted by Crippen LogP contribution is 2.38. The first-order valence-corrected chi connectivity index (χ1v) is 7.71. The summed E-state index contributed by atoms with van der Waals surface area (Å²) in [6.45, 7) is 4.44. The molecule has 0 bridgehead atoms. The van der Waals surface area contributed by atoms with Gasteiger partial charge in [0.25, 0.3) is 0 Å². The fourth-order valence-corrected chi connectivity index (χ4v) is 3.91. The average molecular weight is 282 g/mol. The van der Waals surface area contributed by atoms with Gasteiger partial charge < -0.3 is 14.9 Å². The molecule has 21 heavy (non-hydrogen) atoms. The van der Waals surface area contributed by atoms with Crippen molar-refractivity contribution < 1.29 is 0 Å². The van der Waals surface area contributed by atoms with Gasteiger partial charge in [0.2, 0.25) is 0 Å². The molecule has 1 fully saturated rings. The van der Waals surface area contributed by atoms with Crippen molar-refractivity contribution in [2.45, 2.75) is 19.4 Å². The highest BCUT2D eigenvalue weighted by Gasteiger charge is 2.38. The average Bonchev–Trinajstić information content (AvgIpc) is 3.00. The minimum Gasteiger partial charge on any atom is -0.348 e. The van der Waals surface area contributed by atoms with Gasteiger partial charge in [0.15, 0.2) is 0 Å². The first kappa shape index (κ1) is 12.9. The van der Waals surface area contributed by atoms with Crippen LogP contribution < -0.4 is 5.43 Å². The predicted molar refractivity (Wildman–Crippen MR) is 86.6 cm³/mol. The zero-order valence-electron chi connectivity index (χ0n) is 12.9. The number of hydrogen-bond acceptors (Lipinski definition) is 3. The smallest absolute Gasteiger partial charge is 0.0806 e. The Morgan fingerprint density at radius 2 is 2.05 bits per heavy atom. The monoisotopic (exact) mass is 282 g/mol. The zero-order chi connectivity index (χ0) is 14.6. The van der Waals surface area contributed by atoms with Crippen LogP contribution in [0.3, 0.4) is 0 Å². The molecule has 2 aliphatic heterocycles. The maximum Gasteiger partial charge on any atom is 0.0806 e. The predicted octanol–water partition coefficient (Wildman–Crippen LogP) is 2.44. The summed E-state index contributed by atoms with van der Waals surface area (Å²) in [5.41, 5.74) is 8.86. The number of piperidine rings is 1. The van der Waals surface area contributed by atoms with Crippen LogP contribution in [0.1, 0.15) is 23.7 Å². The van der Waals surface area contributed by atoms with Crippen molar-refractivity contribution in [1.29, 1.82) is 0 Å². The molecule has 4 nitrogen and oxygen atoms in total. The molecule has 4 rings (SSSR count). The van der Waals surface area contributed by atoms with E-state index in [9.17, 15) is 0 Å². The molecule has 1 aromatic carbocycles. The van der Waals surface area contributed by atoms with Gasteiger partial charge in [-0.3, -0.25) is 0 Å². The molecule has 0 spiro atoms. The fraction of sp³-hybridized carbons (Fsp3) is 0.471. The summed E-state index contributed by atoms with van der Waals surface area (Å²) in [5.74, 6) is 0.508. The standard InChI is InChI=1S/C17H22N4/c1-11-16(12-6-4-5-7-15(12)21(11)3)17-13-10-20(2)9-8-14(13)18-19-17/h4-7,13,17,19H,8-10H2,1-3H3. The van der Waals surface area contributed by atoms with Gasteiger partial charge in [0.05, 0.1) is 6.04 Å². The lowest BCUT2D eigenvalue weighted by Gasteiger charge is -2.31. The molecule has 110 valence electrons. The minimum absolute atomic E-state index is 0.314. The van der Waals surface area contributed by atoms with Crippen LogP contribution in [-0.4, -0.2) is 35.3 Å². The molecule has 1 aromatic heterocycles. The molecule has 3 heterocycles. The second-order valence-electron chi connectivity index (χ2n) is 6.40. The van der Waals surface area contributed by atoms with Crippen LogP contribution in [0.25, 0.3) is 10.9 Å². The van der Waals surface area contributed by atoms with Crippen molar-refractivity contribution in [3.05, 3.63) is 35.5 Å². The first-order chi connectivity index (χ1) is 10.2. The highest BCUT2D eigenvalue weighted by atomic mass is 15.4. The molecule has 4 heteroatoms. The number of hydrogen-bond donors (Lipinski definition) is 1. The molecule has 0 saturated carbocycles. The summed E-state index contributed by atoms with van der Waals surface area (Å²) in [5, 5.41) is 6.00. The highest BCUT2D eigenvalue weighted by molar-refractivity contribution is 5.92. The third-order valence-corrected chi connectivity index (χ3v) is 5.20. The lowest BCUT2D eigenvalue weighted by molar-refractivity contribution is 0.273. The van der Waals surface area contributed by atoms with Crippen molar-refractivity contribution in [2.24, 2.45) is 18.1 Å². The van der Waals surface area contributed by atoms with Crippen molar-refractivity contribution >= 4 is 16.6 Å². The van der Waals surface area contributed by atoms with Gasteiger partial charge in [-0.15, -0.1) is 0 Å². The number of nitrogens with one attached hydrogen (secondary N) is 1. The van der Waals surface area contributed by atoms with Gasteiger partial charge >= 0.3 is 0 Å². The van der Waals surface area contributed by atoms with Crippen molar-refractivity contribution in [1.82, 2.24) is 14.9 Å². The Balaban J connectivity index is 1.83.